The lowest BCUT2D eigenvalue weighted by Gasteiger charge is -2.25. The fourth-order valence-corrected chi connectivity index (χ4v) is 3.07. The molecule has 1 aliphatic carbocycles. The second-order valence-corrected chi connectivity index (χ2v) is 5.94. The summed E-state index contributed by atoms with van der Waals surface area (Å²) in [6.45, 7) is 2.26. The lowest BCUT2D eigenvalue weighted by Crippen LogP contribution is -2.21. The molecule has 0 amide bonds. The van der Waals surface area contributed by atoms with E-state index in [1.165, 1.54) is 17.7 Å². The van der Waals surface area contributed by atoms with Crippen molar-refractivity contribution in [3.05, 3.63) is 29.8 Å². The van der Waals surface area contributed by atoms with Crippen LogP contribution in [0.4, 0.5) is 0 Å². The van der Waals surface area contributed by atoms with Gasteiger partial charge in [-0.3, -0.25) is 4.79 Å². The van der Waals surface area contributed by atoms with E-state index in [-0.39, 0.29) is 5.92 Å². The molecule has 1 aliphatic rings. The molecule has 92 valence electrons. The van der Waals surface area contributed by atoms with Gasteiger partial charge in [-0.1, -0.05) is 31.9 Å². The van der Waals surface area contributed by atoms with Crippen LogP contribution in [0.15, 0.2) is 29.2 Å². The van der Waals surface area contributed by atoms with Gasteiger partial charge in [-0.2, -0.15) is 0 Å². The molecule has 17 heavy (non-hydrogen) atoms. The zero-order valence-electron chi connectivity index (χ0n) is 10.6. The zero-order chi connectivity index (χ0) is 12.3. The number of benzene rings is 1. The minimum absolute atomic E-state index is 0.263. The highest BCUT2D eigenvalue weighted by atomic mass is 32.2. The first-order valence-corrected chi connectivity index (χ1v) is 7.61. The van der Waals surface area contributed by atoms with Gasteiger partial charge in [-0.25, -0.2) is 0 Å². The fourth-order valence-electron chi connectivity index (χ4n) is 2.66. The summed E-state index contributed by atoms with van der Waals surface area (Å²) >= 11 is 1.71. The summed E-state index contributed by atoms with van der Waals surface area (Å²) in [6.07, 6.45) is 6.70. The summed E-state index contributed by atoms with van der Waals surface area (Å²) in [5.41, 5.74) is 0.891. The van der Waals surface area contributed by atoms with Gasteiger partial charge in [0.1, 0.15) is 0 Å². The number of ketones is 1. The van der Waals surface area contributed by atoms with Crippen molar-refractivity contribution < 1.29 is 4.79 Å². The first kappa shape index (κ1) is 12.7. The van der Waals surface area contributed by atoms with Crippen molar-refractivity contribution >= 4 is 17.5 Å². The second-order valence-electron chi connectivity index (χ2n) is 5.06. The molecule has 0 aliphatic heterocycles. The standard InChI is InChI=1S/C15H20OS/c1-11-4-3-5-13(10-11)15(16)12-6-8-14(17-2)9-7-12/h6-9,11,13H,3-5,10H2,1-2H3. The molecule has 2 heteroatoms. The largest absolute Gasteiger partial charge is 0.294 e. The summed E-state index contributed by atoms with van der Waals surface area (Å²) in [6, 6.07) is 8.05. The van der Waals surface area contributed by atoms with Gasteiger partial charge in [-0.05, 0) is 37.1 Å². The van der Waals surface area contributed by atoms with E-state index in [0.29, 0.717) is 11.7 Å². The normalized spacial score (nSPS) is 24.6. The third-order valence-corrected chi connectivity index (χ3v) is 4.43. The molecule has 0 bridgehead atoms. The Bertz CT molecular complexity index is 382. The Morgan fingerprint density at radius 1 is 1.24 bits per heavy atom. The molecule has 0 radical (unpaired) electrons. The number of thioether (sulfide) groups is 1. The number of rotatable bonds is 3. The van der Waals surface area contributed by atoms with Crippen LogP contribution in [0.3, 0.4) is 0 Å². The third kappa shape index (κ3) is 3.12. The van der Waals surface area contributed by atoms with Crippen molar-refractivity contribution in [1.82, 2.24) is 0 Å². The van der Waals surface area contributed by atoms with Gasteiger partial charge < -0.3 is 0 Å². The number of Topliss-reactive ketones (excluding diaryl/α,β-unsaturated/α-hetero) is 1. The highest BCUT2D eigenvalue weighted by molar-refractivity contribution is 7.98. The molecule has 2 unspecified atom stereocenters. The monoisotopic (exact) mass is 248 g/mol. The summed E-state index contributed by atoms with van der Waals surface area (Å²) in [7, 11) is 0. The fraction of sp³-hybridized carbons (Fsp3) is 0.533. The Kier molecular flexibility index (Phi) is 4.27. The second kappa shape index (κ2) is 5.72. The van der Waals surface area contributed by atoms with Gasteiger partial charge in [0.25, 0.3) is 0 Å². The Morgan fingerprint density at radius 3 is 2.53 bits per heavy atom. The van der Waals surface area contributed by atoms with E-state index in [4.69, 9.17) is 0 Å². The van der Waals surface area contributed by atoms with Crippen LogP contribution in [-0.2, 0) is 0 Å². The first-order chi connectivity index (χ1) is 8.20. The molecular weight excluding hydrogens is 228 g/mol. The maximum absolute atomic E-state index is 12.3. The van der Waals surface area contributed by atoms with Crippen LogP contribution < -0.4 is 0 Å². The molecule has 1 aromatic carbocycles. The van der Waals surface area contributed by atoms with Gasteiger partial charge in [0.15, 0.2) is 5.78 Å². The van der Waals surface area contributed by atoms with Crippen LogP contribution in [0.5, 0.6) is 0 Å². The molecule has 0 heterocycles. The van der Waals surface area contributed by atoms with Gasteiger partial charge in [0.05, 0.1) is 0 Å². The van der Waals surface area contributed by atoms with Crippen molar-refractivity contribution in [2.24, 2.45) is 11.8 Å². The molecule has 1 saturated carbocycles. The predicted molar refractivity (Wildman–Crippen MR) is 73.7 cm³/mol. The minimum Gasteiger partial charge on any atom is -0.294 e. The third-order valence-electron chi connectivity index (χ3n) is 3.68. The summed E-state index contributed by atoms with van der Waals surface area (Å²) in [4.78, 5) is 13.6. The lowest BCUT2D eigenvalue weighted by atomic mass is 9.79. The molecule has 0 saturated heterocycles. The summed E-state index contributed by atoms with van der Waals surface area (Å²) < 4.78 is 0. The maximum atomic E-state index is 12.3. The molecule has 1 nitrogen and oxygen atoms in total. The molecule has 0 spiro atoms. The smallest absolute Gasteiger partial charge is 0.165 e. The average Bonchev–Trinajstić information content (AvgIpc) is 2.38. The van der Waals surface area contributed by atoms with Crippen LogP contribution in [0.25, 0.3) is 0 Å². The number of hydrogen-bond acceptors (Lipinski definition) is 2. The van der Waals surface area contributed by atoms with Crippen LogP contribution in [0, 0.1) is 11.8 Å². The molecular formula is C15H20OS. The Hall–Kier alpha value is -0.760. The molecule has 1 fully saturated rings. The SMILES string of the molecule is CSc1ccc(C(=O)C2CCCC(C)C2)cc1. The Balaban J connectivity index is 2.07. The molecule has 1 aromatic rings. The van der Waals surface area contributed by atoms with Gasteiger partial charge >= 0.3 is 0 Å². The first-order valence-electron chi connectivity index (χ1n) is 6.39. The molecule has 0 N–H and O–H groups in total. The van der Waals surface area contributed by atoms with Crippen LogP contribution >= 0.6 is 11.8 Å². The minimum atomic E-state index is 0.263. The molecule has 0 aromatic heterocycles. The van der Waals surface area contributed by atoms with Crippen LogP contribution in [-0.4, -0.2) is 12.0 Å². The zero-order valence-corrected chi connectivity index (χ0v) is 11.4. The number of carbonyl (C=O) groups is 1. The van der Waals surface area contributed by atoms with E-state index < -0.39 is 0 Å². The van der Waals surface area contributed by atoms with Crippen LogP contribution in [0.1, 0.15) is 43.0 Å². The Morgan fingerprint density at radius 2 is 1.94 bits per heavy atom. The van der Waals surface area contributed by atoms with Crippen molar-refractivity contribution in [1.29, 1.82) is 0 Å². The van der Waals surface area contributed by atoms with E-state index in [2.05, 4.69) is 13.2 Å². The Labute approximate surface area is 108 Å². The van der Waals surface area contributed by atoms with Crippen molar-refractivity contribution in [3.8, 4) is 0 Å². The van der Waals surface area contributed by atoms with Crippen molar-refractivity contribution in [2.75, 3.05) is 6.26 Å². The van der Waals surface area contributed by atoms with Gasteiger partial charge in [-0.15, -0.1) is 11.8 Å². The summed E-state index contributed by atoms with van der Waals surface area (Å²) in [5.74, 6) is 1.33. The van der Waals surface area contributed by atoms with E-state index in [1.807, 2.05) is 24.3 Å². The van der Waals surface area contributed by atoms with Gasteiger partial charge in [0, 0.05) is 16.4 Å². The lowest BCUT2D eigenvalue weighted by molar-refractivity contribution is 0.0868. The van der Waals surface area contributed by atoms with Crippen molar-refractivity contribution in [2.45, 2.75) is 37.5 Å². The van der Waals surface area contributed by atoms with E-state index in [9.17, 15) is 4.79 Å². The molecule has 2 atom stereocenters. The van der Waals surface area contributed by atoms with Gasteiger partial charge in [0.2, 0.25) is 0 Å². The summed E-state index contributed by atoms with van der Waals surface area (Å²) in [5, 5.41) is 0. The number of carbonyl (C=O) groups excluding carboxylic acids is 1. The quantitative estimate of drug-likeness (QED) is 0.582. The van der Waals surface area contributed by atoms with E-state index in [0.717, 1.165) is 18.4 Å². The average molecular weight is 248 g/mol. The van der Waals surface area contributed by atoms with Crippen molar-refractivity contribution in [3.63, 3.8) is 0 Å². The van der Waals surface area contributed by atoms with E-state index in [1.54, 1.807) is 11.8 Å². The maximum Gasteiger partial charge on any atom is 0.165 e. The highest BCUT2D eigenvalue weighted by Gasteiger charge is 2.25. The highest BCUT2D eigenvalue weighted by Crippen LogP contribution is 2.31. The van der Waals surface area contributed by atoms with Crippen LogP contribution in [0.2, 0.25) is 0 Å². The number of hydrogen-bond donors (Lipinski definition) is 0. The topological polar surface area (TPSA) is 17.1 Å². The van der Waals surface area contributed by atoms with E-state index >= 15 is 0 Å². The predicted octanol–water partition coefficient (Wildman–Crippen LogP) is 4.42. The molecule has 2 rings (SSSR count).